The summed E-state index contributed by atoms with van der Waals surface area (Å²) in [5.41, 5.74) is -0.742. The molecule has 0 aliphatic carbocycles. The van der Waals surface area contributed by atoms with E-state index in [1.54, 1.807) is 6.92 Å². The summed E-state index contributed by atoms with van der Waals surface area (Å²) in [6.07, 6.45) is -3.05. The van der Waals surface area contributed by atoms with Crippen LogP contribution in [0.25, 0.3) is 0 Å². The first-order chi connectivity index (χ1) is 8.48. The van der Waals surface area contributed by atoms with Crippen LogP contribution in [-0.4, -0.2) is 4.98 Å². The molecular formula is C12H11F3N2S. The molecule has 0 aromatic carbocycles. The Morgan fingerprint density at radius 3 is 2.67 bits per heavy atom. The van der Waals surface area contributed by atoms with E-state index in [1.165, 1.54) is 23.6 Å². The molecule has 18 heavy (non-hydrogen) atoms. The fourth-order valence-electron chi connectivity index (χ4n) is 1.56. The molecule has 2 aromatic heterocycles. The van der Waals surface area contributed by atoms with Gasteiger partial charge in [-0.3, -0.25) is 0 Å². The van der Waals surface area contributed by atoms with Crippen LogP contribution in [0.15, 0.2) is 35.8 Å². The Morgan fingerprint density at radius 1 is 1.28 bits per heavy atom. The number of nitrogens with one attached hydrogen (secondary N) is 1. The van der Waals surface area contributed by atoms with E-state index in [0.717, 1.165) is 10.9 Å². The first-order valence-electron chi connectivity index (χ1n) is 5.30. The van der Waals surface area contributed by atoms with Crippen molar-refractivity contribution in [2.45, 2.75) is 19.1 Å². The number of anilines is 1. The number of hydrogen-bond donors (Lipinski definition) is 1. The average molecular weight is 272 g/mol. The molecule has 2 rings (SSSR count). The Morgan fingerprint density at radius 2 is 2.06 bits per heavy atom. The minimum atomic E-state index is -4.40. The average Bonchev–Trinajstić information content (AvgIpc) is 2.81. The Kier molecular flexibility index (Phi) is 3.56. The highest BCUT2D eigenvalue weighted by molar-refractivity contribution is 7.10. The van der Waals surface area contributed by atoms with Crippen molar-refractivity contribution in [1.29, 1.82) is 0 Å². The zero-order valence-corrected chi connectivity index (χ0v) is 10.3. The second-order valence-corrected chi connectivity index (χ2v) is 4.76. The Hall–Kier alpha value is -1.56. The van der Waals surface area contributed by atoms with Gasteiger partial charge in [0.2, 0.25) is 0 Å². The summed E-state index contributed by atoms with van der Waals surface area (Å²) in [6, 6.07) is 5.83. The van der Waals surface area contributed by atoms with Crippen molar-refractivity contribution in [3.8, 4) is 0 Å². The number of nitrogens with zero attached hydrogens (tertiary/aromatic N) is 1. The Balaban J connectivity index is 2.24. The third-order valence-electron chi connectivity index (χ3n) is 2.44. The molecule has 6 heteroatoms. The minimum Gasteiger partial charge on any atom is -0.362 e. The fraction of sp³-hybridized carbons (Fsp3) is 0.250. The molecule has 0 fully saturated rings. The van der Waals surface area contributed by atoms with E-state index in [-0.39, 0.29) is 11.9 Å². The second-order valence-electron chi connectivity index (χ2n) is 3.78. The van der Waals surface area contributed by atoms with Crippen molar-refractivity contribution in [2.75, 3.05) is 5.32 Å². The van der Waals surface area contributed by atoms with Crippen LogP contribution < -0.4 is 5.32 Å². The number of rotatable bonds is 3. The fourth-order valence-corrected chi connectivity index (χ4v) is 2.30. The number of aromatic nitrogens is 1. The van der Waals surface area contributed by atoms with E-state index in [2.05, 4.69) is 10.3 Å². The van der Waals surface area contributed by atoms with Gasteiger partial charge < -0.3 is 5.32 Å². The maximum absolute atomic E-state index is 12.8. The standard InChI is InChI=1S/C12H11F3N2S/c1-8(10-5-3-7-18-10)17-11-9(12(13,14)15)4-2-6-16-11/h2-8H,1H3,(H,16,17). The quantitative estimate of drug-likeness (QED) is 0.899. The predicted molar refractivity (Wildman–Crippen MR) is 65.6 cm³/mol. The number of halogens is 3. The van der Waals surface area contributed by atoms with Crippen LogP contribution in [0.1, 0.15) is 23.4 Å². The normalized spacial score (nSPS) is 13.3. The first-order valence-corrected chi connectivity index (χ1v) is 6.18. The molecule has 0 spiro atoms. The van der Waals surface area contributed by atoms with Gasteiger partial charge in [0.15, 0.2) is 0 Å². The molecule has 2 nitrogen and oxygen atoms in total. The molecule has 0 aliphatic heterocycles. The van der Waals surface area contributed by atoms with E-state index in [0.29, 0.717) is 0 Å². The summed E-state index contributed by atoms with van der Waals surface area (Å²) in [5, 5.41) is 4.68. The zero-order valence-electron chi connectivity index (χ0n) is 9.53. The van der Waals surface area contributed by atoms with Gasteiger partial charge in [-0.25, -0.2) is 4.98 Å². The van der Waals surface area contributed by atoms with Crippen molar-refractivity contribution < 1.29 is 13.2 Å². The van der Waals surface area contributed by atoms with Gasteiger partial charge in [0.05, 0.1) is 11.6 Å². The van der Waals surface area contributed by atoms with E-state index < -0.39 is 11.7 Å². The maximum atomic E-state index is 12.8. The smallest absolute Gasteiger partial charge is 0.362 e. The summed E-state index contributed by atoms with van der Waals surface area (Å²) >= 11 is 1.49. The predicted octanol–water partition coefficient (Wildman–Crippen LogP) is 4.34. The second kappa shape index (κ2) is 4.97. The molecule has 1 unspecified atom stereocenters. The van der Waals surface area contributed by atoms with Crippen LogP contribution >= 0.6 is 11.3 Å². The lowest BCUT2D eigenvalue weighted by molar-refractivity contribution is -0.137. The van der Waals surface area contributed by atoms with E-state index in [4.69, 9.17) is 0 Å². The summed E-state index contributed by atoms with van der Waals surface area (Å²) in [6.45, 7) is 1.81. The summed E-state index contributed by atoms with van der Waals surface area (Å²) in [7, 11) is 0. The van der Waals surface area contributed by atoms with Crippen LogP contribution in [-0.2, 0) is 6.18 Å². The lowest BCUT2D eigenvalue weighted by atomic mass is 10.2. The van der Waals surface area contributed by atoms with Gasteiger partial charge in [-0.2, -0.15) is 13.2 Å². The molecule has 0 aliphatic rings. The van der Waals surface area contributed by atoms with Gasteiger partial charge in [-0.05, 0) is 30.5 Å². The number of hydrogen-bond acceptors (Lipinski definition) is 3. The van der Waals surface area contributed by atoms with Gasteiger partial charge in [0, 0.05) is 11.1 Å². The Labute approximate surface area is 106 Å². The Bertz CT molecular complexity index is 508. The molecule has 1 N–H and O–H groups in total. The van der Waals surface area contributed by atoms with E-state index >= 15 is 0 Å². The monoisotopic (exact) mass is 272 g/mol. The van der Waals surface area contributed by atoms with Gasteiger partial charge in [0.25, 0.3) is 0 Å². The number of thiophene rings is 1. The van der Waals surface area contributed by atoms with E-state index in [1.807, 2.05) is 17.5 Å². The highest BCUT2D eigenvalue weighted by Crippen LogP contribution is 2.35. The molecule has 2 heterocycles. The molecule has 0 radical (unpaired) electrons. The molecular weight excluding hydrogens is 261 g/mol. The zero-order chi connectivity index (χ0) is 13.2. The molecule has 0 saturated heterocycles. The molecule has 0 bridgehead atoms. The largest absolute Gasteiger partial charge is 0.419 e. The highest BCUT2D eigenvalue weighted by atomic mass is 32.1. The molecule has 0 saturated carbocycles. The van der Waals surface area contributed by atoms with Gasteiger partial charge in [0.1, 0.15) is 5.82 Å². The van der Waals surface area contributed by atoms with Crippen molar-refractivity contribution >= 4 is 17.2 Å². The molecule has 2 aromatic rings. The van der Waals surface area contributed by atoms with Crippen LogP contribution in [0.4, 0.5) is 19.0 Å². The number of pyridine rings is 1. The van der Waals surface area contributed by atoms with Crippen LogP contribution in [0.5, 0.6) is 0 Å². The highest BCUT2D eigenvalue weighted by Gasteiger charge is 2.34. The lowest BCUT2D eigenvalue weighted by Gasteiger charge is -2.17. The molecule has 1 atom stereocenters. The van der Waals surface area contributed by atoms with Crippen LogP contribution in [0, 0.1) is 0 Å². The topological polar surface area (TPSA) is 24.9 Å². The first kappa shape index (κ1) is 12.9. The van der Waals surface area contributed by atoms with Gasteiger partial charge in [-0.1, -0.05) is 6.07 Å². The number of alkyl halides is 3. The third kappa shape index (κ3) is 2.81. The van der Waals surface area contributed by atoms with Crippen LogP contribution in [0.3, 0.4) is 0 Å². The maximum Gasteiger partial charge on any atom is 0.419 e. The van der Waals surface area contributed by atoms with Gasteiger partial charge >= 0.3 is 6.18 Å². The van der Waals surface area contributed by atoms with Gasteiger partial charge in [-0.15, -0.1) is 11.3 Å². The SMILES string of the molecule is CC(Nc1ncccc1C(F)(F)F)c1cccs1. The van der Waals surface area contributed by atoms with Crippen molar-refractivity contribution in [3.63, 3.8) is 0 Å². The van der Waals surface area contributed by atoms with Crippen LogP contribution in [0.2, 0.25) is 0 Å². The van der Waals surface area contributed by atoms with Crippen molar-refractivity contribution in [2.24, 2.45) is 0 Å². The lowest BCUT2D eigenvalue weighted by Crippen LogP contribution is -2.14. The summed E-state index contributed by atoms with van der Waals surface area (Å²) in [5.74, 6) is -0.133. The summed E-state index contributed by atoms with van der Waals surface area (Å²) < 4.78 is 38.3. The van der Waals surface area contributed by atoms with Crippen molar-refractivity contribution in [1.82, 2.24) is 4.98 Å². The third-order valence-corrected chi connectivity index (χ3v) is 3.49. The molecule has 96 valence electrons. The molecule has 0 amide bonds. The van der Waals surface area contributed by atoms with E-state index in [9.17, 15) is 13.2 Å². The van der Waals surface area contributed by atoms with Crippen molar-refractivity contribution in [3.05, 3.63) is 46.3 Å². The summed E-state index contributed by atoms with van der Waals surface area (Å²) in [4.78, 5) is 4.73. The minimum absolute atomic E-state index is 0.133.